The molecule has 1 aliphatic carbocycles. The topological polar surface area (TPSA) is 46.5 Å². The zero-order valence-corrected chi connectivity index (χ0v) is 12.3. The van der Waals surface area contributed by atoms with Crippen LogP contribution in [-0.4, -0.2) is 10.6 Å². The van der Waals surface area contributed by atoms with Gasteiger partial charge in [-0.25, -0.2) is 8.96 Å². The van der Waals surface area contributed by atoms with Crippen molar-refractivity contribution in [3.63, 3.8) is 0 Å². The molecular weight excluding hydrogens is 278 g/mol. The largest absolute Gasteiger partial charge is 0.421 e. The van der Waals surface area contributed by atoms with Crippen LogP contribution in [0.25, 0.3) is 0 Å². The molecular formula is C15H20FO3P. The number of hydrogen-bond donors (Lipinski definition) is 1. The summed E-state index contributed by atoms with van der Waals surface area (Å²) < 4.78 is 31.6. The lowest BCUT2D eigenvalue weighted by Crippen LogP contribution is -2.16. The van der Waals surface area contributed by atoms with E-state index in [4.69, 9.17) is 4.52 Å². The molecule has 1 aromatic rings. The van der Waals surface area contributed by atoms with Crippen molar-refractivity contribution < 1.29 is 18.4 Å². The molecule has 20 heavy (non-hydrogen) atoms. The first-order valence-electron chi connectivity index (χ1n) is 6.95. The highest BCUT2D eigenvalue weighted by atomic mass is 31.2. The van der Waals surface area contributed by atoms with Crippen LogP contribution in [0.1, 0.15) is 37.7 Å². The molecule has 0 aliphatic heterocycles. The number of hydrogen-bond acceptors (Lipinski definition) is 2. The lowest BCUT2D eigenvalue weighted by atomic mass is 10.0. The molecule has 1 aromatic carbocycles. The number of rotatable bonds is 5. The van der Waals surface area contributed by atoms with E-state index in [0.717, 1.165) is 19.3 Å². The first-order chi connectivity index (χ1) is 9.54. The molecule has 0 heterocycles. The molecule has 0 spiro atoms. The van der Waals surface area contributed by atoms with Crippen molar-refractivity contribution >= 4 is 7.60 Å². The standard InChI is InChI=1S/C15H20FO3P/c1-2-7-12-8-6-11-14(15(12)16)19-20(17,18)13-9-4-3-5-10-13/h2,6,8,11,13H,1,3-5,7,9-10H2,(H,17,18). The van der Waals surface area contributed by atoms with Crippen molar-refractivity contribution in [2.45, 2.75) is 44.2 Å². The third kappa shape index (κ3) is 3.50. The molecule has 1 atom stereocenters. The monoisotopic (exact) mass is 298 g/mol. The molecule has 0 aromatic heterocycles. The van der Waals surface area contributed by atoms with E-state index in [9.17, 15) is 13.8 Å². The van der Waals surface area contributed by atoms with Crippen molar-refractivity contribution in [3.8, 4) is 5.75 Å². The Kier molecular flexibility index (Phi) is 5.00. The lowest BCUT2D eigenvalue weighted by molar-refractivity contribution is 0.336. The van der Waals surface area contributed by atoms with Crippen LogP contribution >= 0.6 is 7.60 Å². The molecule has 1 N–H and O–H groups in total. The quantitative estimate of drug-likeness (QED) is 0.645. The molecule has 5 heteroatoms. The molecule has 110 valence electrons. The summed E-state index contributed by atoms with van der Waals surface area (Å²) in [6.07, 6.45) is 6.22. The molecule has 3 nitrogen and oxygen atoms in total. The van der Waals surface area contributed by atoms with E-state index in [1.807, 2.05) is 0 Å². The number of benzene rings is 1. The van der Waals surface area contributed by atoms with E-state index in [1.54, 1.807) is 18.2 Å². The fourth-order valence-electron chi connectivity index (χ4n) is 2.56. The van der Waals surface area contributed by atoms with Crippen molar-refractivity contribution in [3.05, 3.63) is 42.2 Å². The van der Waals surface area contributed by atoms with Gasteiger partial charge in [0.05, 0.1) is 5.66 Å². The summed E-state index contributed by atoms with van der Waals surface area (Å²) in [4.78, 5) is 10.1. The normalized spacial score (nSPS) is 19.3. The zero-order valence-electron chi connectivity index (χ0n) is 11.4. The van der Waals surface area contributed by atoms with Gasteiger partial charge in [0.25, 0.3) is 0 Å². The summed E-state index contributed by atoms with van der Waals surface area (Å²) in [5.74, 6) is -0.710. The van der Waals surface area contributed by atoms with E-state index in [0.29, 0.717) is 24.8 Å². The van der Waals surface area contributed by atoms with Gasteiger partial charge in [-0.1, -0.05) is 37.5 Å². The molecule has 0 saturated heterocycles. The van der Waals surface area contributed by atoms with Gasteiger partial charge in [-0.3, -0.25) is 0 Å². The Bertz CT molecular complexity index is 524. The number of halogens is 1. The van der Waals surface area contributed by atoms with Crippen molar-refractivity contribution in [2.75, 3.05) is 0 Å². The van der Waals surface area contributed by atoms with Crippen LogP contribution < -0.4 is 4.52 Å². The Morgan fingerprint density at radius 2 is 2.10 bits per heavy atom. The van der Waals surface area contributed by atoms with Crippen LogP contribution in [-0.2, 0) is 11.0 Å². The Morgan fingerprint density at radius 1 is 1.40 bits per heavy atom. The van der Waals surface area contributed by atoms with E-state index in [2.05, 4.69) is 6.58 Å². The van der Waals surface area contributed by atoms with Gasteiger partial charge < -0.3 is 9.42 Å². The molecule has 1 fully saturated rings. The van der Waals surface area contributed by atoms with Gasteiger partial charge in [-0.2, -0.15) is 0 Å². The number of allylic oxidation sites excluding steroid dienone is 1. The van der Waals surface area contributed by atoms with Gasteiger partial charge in [-0.05, 0) is 30.9 Å². The average molecular weight is 298 g/mol. The van der Waals surface area contributed by atoms with Crippen molar-refractivity contribution in [2.24, 2.45) is 0 Å². The molecule has 1 saturated carbocycles. The highest BCUT2D eigenvalue weighted by molar-refractivity contribution is 7.54. The van der Waals surface area contributed by atoms with Crippen LogP contribution in [0, 0.1) is 5.82 Å². The van der Waals surface area contributed by atoms with Gasteiger partial charge in [0, 0.05) is 0 Å². The molecule has 1 aliphatic rings. The van der Waals surface area contributed by atoms with Crippen molar-refractivity contribution in [1.82, 2.24) is 0 Å². The fraction of sp³-hybridized carbons (Fsp3) is 0.467. The van der Waals surface area contributed by atoms with Crippen LogP contribution in [0.4, 0.5) is 4.39 Å². The summed E-state index contributed by atoms with van der Waals surface area (Å²) in [6, 6.07) is 4.64. The second kappa shape index (κ2) is 6.55. The minimum absolute atomic E-state index is 0.138. The zero-order chi connectivity index (χ0) is 14.6. The Balaban J connectivity index is 2.18. The van der Waals surface area contributed by atoms with Gasteiger partial charge in [0.2, 0.25) is 0 Å². The van der Waals surface area contributed by atoms with Crippen LogP contribution in [0.5, 0.6) is 5.75 Å². The van der Waals surface area contributed by atoms with E-state index in [1.165, 1.54) is 6.07 Å². The van der Waals surface area contributed by atoms with Crippen LogP contribution in [0.2, 0.25) is 0 Å². The molecule has 1 unspecified atom stereocenters. The summed E-state index contributed by atoms with van der Waals surface area (Å²) in [6.45, 7) is 3.56. The Labute approximate surface area is 119 Å². The van der Waals surface area contributed by atoms with Gasteiger partial charge in [0.15, 0.2) is 11.6 Å². The molecule has 0 amide bonds. The van der Waals surface area contributed by atoms with Crippen LogP contribution in [0.15, 0.2) is 30.9 Å². The maximum atomic E-state index is 14.2. The van der Waals surface area contributed by atoms with Gasteiger partial charge >= 0.3 is 7.60 Å². The fourth-order valence-corrected chi connectivity index (χ4v) is 4.15. The van der Waals surface area contributed by atoms with Crippen LogP contribution in [0.3, 0.4) is 0 Å². The minimum Gasteiger partial charge on any atom is -0.421 e. The summed E-state index contributed by atoms with van der Waals surface area (Å²) >= 11 is 0. The summed E-state index contributed by atoms with van der Waals surface area (Å²) in [5, 5.41) is 0. The Morgan fingerprint density at radius 3 is 2.75 bits per heavy atom. The maximum Gasteiger partial charge on any atom is 0.379 e. The second-order valence-corrected chi connectivity index (χ2v) is 7.21. The van der Waals surface area contributed by atoms with Crippen molar-refractivity contribution in [1.29, 1.82) is 0 Å². The molecule has 0 bridgehead atoms. The molecule has 0 radical (unpaired) electrons. The van der Waals surface area contributed by atoms with E-state index in [-0.39, 0.29) is 11.4 Å². The predicted molar refractivity (Wildman–Crippen MR) is 77.6 cm³/mol. The second-order valence-electron chi connectivity index (χ2n) is 5.17. The predicted octanol–water partition coefficient (Wildman–Crippen LogP) is 4.45. The maximum absolute atomic E-state index is 14.2. The van der Waals surface area contributed by atoms with Gasteiger partial charge in [-0.15, -0.1) is 6.58 Å². The van der Waals surface area contributed by atoms with E-state index >= 15 is 0 Å². The SMILES string of the molecule is C=CCc1cccc(OP(=O)(O)C2CCCCC2)c1F. The average Bonchev–Trinajstić information content (AvgIpc) is 2.44. The third-order valence-electron chi connectivity index (χ3n) is 3.67. The summed E-state index contributed by atoms with van der Waals surface area (Å²) in [5.41, 5.74) is 0.0415. The highest BCUT2D eigenvalue weighted by Gasteiger charge is 2.35. The molecule has 2 rings (SSSR count). The first kappa shape index (κ1) is 15.3. The van der Waals surface area contributed by atoms with E-state index < -0.39 is 13.4 Å². The smallest absolute Gasteiger partial charge is 0.379 e. The Hall–Kier alpha value is -1.12. The van der Waals surface area contributed by atoms with Gasteiger partial charge in [0.1, 0.15) is 0 Å². The summed E-state index contributed by atoms with van der Waals surface area (Å²) in [7, 11) is -3.82. The highest BCUT2D eigenvalue weighted by Crippen LogP contribution is 2.53. The first-order valence-corrected chi connectivity index (χ1v) is 8.59. The minimum atomic E-state index is -3.82. The third-order valence-corrected chi connectivity index (χ3v) is 5.57. The lowest BCUT2D eigenvalue weighted by Gasteiger charge is -2.26.